The van der Waals surface area contributed by atoms with E-state index in [4.69, 9.17) is 0 Å². The SMILES string of the molecule is CC1CC1Nc1nc2cc(F)ccc2s1. The van der Waals surface area contributed by atoms with Gasteiger partial charge in [-0.25, -0.2) is 9.37 Å². The lowest BCUT2D eigenvalue weighted by Crippen LogP contribution is -2.02. The lowest BCUT2D eigenvalue weighted by molar-refractivity contribution is 0.629. The van der Waals surface area contributed by atoms with Crippen LogP contribution in [0.2, 0.25) is 0 Å². The van der Waals surface area contributed by atoms with Crippen molar-refractivity contribution in [2.24, 2.45) is 5.92 Å². The number of fused-ring (bicyclic) bond motifs is 1. The summed E-state index contributed by atoms with van der Waals surface area (Å²) in [6, 6.07) is 5.30. The Bertz CT molecular complexity index is 508. The molecule has 4 heteroatoms. The molecule has 1 N–H and O–H groups in total. The molecule has 1 aromatic heterocycles. The third kappa shape index (κ3) is 1.69. The fourth-order valence-electron chi connectivity index (χ4n) is 1.64. The van der Waals surface area contributed by atoms with E-state index in [1.807, 2.05) is 0 Å². The van der Waals surface area contributed by atoms with E-state index in [2.05, 4.69) is 17.2 Å². The summed E-state index contributed by atoms with van der Waals surface area (Å²) in [5.74, 6) is 0.521. The lowest BCUT2D eigenvalue weighted by atomic mass is 10.3. The highest BCUT2D eigenvalue weighted by molar-refractivity contribution is 7.22. The van der Waals surface area contributed by atoms with Crippen LogP contribution in [0.3, 0.4) is 0 Å². The zero-order valence-corrected chi connectivity index (χ0v) is 9.14. The minimum Gasteiger partial charge on any atom is -0.358 e. The molecule has 0 aliphatic heterocycles. The summed E-state index contributed by atoms with van der Waals surface area (Å²) in [5, 5.41) is 4.27. The second-order valence-electron chi connectivity index (χ2n) is 4.09. The van der Waals surface area contributed by atoms with Crippen LogP contribution in [0, 0.1) is 11.7 Å². The number of thiazole rings is 1. The van der Waals surface area contributed by atoms with Crippen molar-refractivity contribution < 1.29 is 4.39 Å². The fraction of sp³-hybridized carbons (Fsp3) is 0.364. The van der Waals surface area contributed by atoms with Gasteiger partial charge in [0.2, 0.25) is 0 Å². The van der Waals surface area contributed by atoms with Crippen LogP contribution in [0.4, 0.5) is 9.52 Å². The van der Waals surface area contributed by atoms with E-state index in [0.29, 0.717) is 6.04 Å². The predicted molar refractivity (Wildman–Crippen MR) is 60.8 cm³/mol. The Balaban J connectivity index is 1.92. The number of aromatic nitrogens is 1. The van der Waals surface area contributed by atoms with Gasteiger partial charge in [-0.05, 0) is 24.5 Å². The van der Waals surface area contributed by atoms with Gasteiger partial charge >= 0.3 is 0 Å². The molecule has 1 fully saturated rings. The zero-order valence-electron chi connectivity index (χ0n) is 8.33. The van der Waals surface area contributed by atoms with E-state index in [-0.39, 0.29) is 5.82 Å². The van der Waals surface area contributed by atoms with Gasteiger partial charge in [0.1, 0.15) is 5.82 Å². The van der Waals surface area contributed by atoms with Crippen LogP contribution in [-0.4, -0.2) is 11.0 Å². The molecule has 0 amide bonds. The van der Waals surface area contributed by atoms with Gasteiger partial charge in [-0.1, -0.05) is 18.3 Å². The van der Waals surface area contributed by atoms with Crippen LogP contribution in [0.1, 0.15) is 13.3 Å². The number of nitrogens with one attached hydrogen (secondary N) is 1. The summed E-state index contributed by atoms with van der Waals surface area (Å²) in [5.41, 5.74) is 0.746. The van der Waals surface area contributed by atoms with Crippen molar-refractivity contribution in [3.8, 4) is 0 Å². The Morgan fingerprint density at radius 1 is 1.53 bits per heavy atom. The minimum atomic E-state index is -0.223. The van der Waals surface area contributed by atoms with Crippen LogP contribution in [0.15, 0.2) is 18.2 Å². The summed E-state index contributed by atoms with van der Waals surface area (Å²) >= 11 is 1.59. The molecule has 0 saturated heterocycles. The Hall–Kier alpha value is -1.16. The van der Waals surface area contributed by atoms with E-state index in [1.165, 1.54) is 18.6 Å². The first-order valence-corrected chi connectivity index (χ1v) is 5.86. The summed E-state index contributed by atoms with van der Waals surface area (Å²) in [6.45, 7) is 2.21. The number of rotatable bonds is 2. The highest BCUT2D eigenvalue weighted by Crippen LogP contribution is 2.35. The molecule has 0 bridgehead atoms. The standard InChI is InChI=1S/C11H11FN2S/c1-6-4-8(6)13-11-14-9-5-7(12)2-3-10(9)15-11/h2-3,5-6,8H,4H2,1H3,(H,13,14). The van der Waals surface area contributed by atoms with Crippen molar-refractivity contribution in [3.05, 3.63) is 24.0 Å². The number of hydrogen-bond donors (Lipinski definition) is 1. The van der Waals surface area contributed by atoms with Crippen LogP contribution in [0.5, 0.6) is 0 Å². The van der Waals surface area contributed by atoms with Crippen LogP contribution in [-0.2, 0) is 0 Å². The molecular weight excluding hydrogens is 211 g/mol. The maximum Gasteiger partial charge on any atom is 0.184 e. The van der Waals surface area contributed by atoms with Gasteiger partial charge in [-0.15, -0.1) is 0 Å². The van der Waals surface area contributed by atoms with Gasteiger partial charge in [0.25, 0.3) is 0 Å². The molecule has 2 unspecified atom stereocenters. The third-order valence-corrected chi connectivity index (χ3v) is 3.74. The van der Waals surface area contributed by atoms with E-state index in [1.54, 1.807) is 17.4 Å². The molecule has 0 spiro atoms. The summed E-state index contributed by atoms with van der Waals surface area (Å²) in [7, 11) is 0. The molecule has 1 aliphatic rings. The van der Waals surface area contributed by atoms with Gasteiger partial charge in [-0.2, -0.15) is 0 Å². The van der Waals surface area contributed by atoms with E-state index in [0.717, 1.165) is 21.3 Å². The molecule has 3 rings (SSSR count). The zero-order chi connectivity index (χ0) is 10.4. The summed E-state index contributed by atoms with van der Waals surface area (Å²) in [6.07, 6.45) is 1.21. The van der Waals surface area contributed by atoms with Crippen molar-refractivity contribution in [1.29, 1.82) is 0 Å². The second-order valence-corrected chi connectivity index (χ2v) is 5.13. The number of hydrogen-bond acceptors (Lipinski definition) is 3. The van der Waals surface area contributed by atoms with Gasteiger partial charge in [0.15, 0.2) is 5.13 Å². The van der Waals surface area contributed by atoms with Crippen LogP contribution < -0.4 is 5.32 Å². The van der Waals surface area contributed by atoms with Gasteiger partial charge in [0.05, 0.1) is 10.2 Å². The third-order valence-electron chi connectivity index (χ3n) is 2.77. The Morgan fingerprint density at radius 2 is 2.33 bits per heavy atom. The average molecular weight is 222 g/mol. The fourth-order valence-corrected chi connectivity index (χ4v) is 2.55. The molecule has 2 aromatic rings. The quantitative estimate of drug-likeness (QED) is 0.843. The highest BCUT2D eigenvalue weighted by atomic mass is 32.1. The first kappa shape index (κ1) is 9.09. The Labute approximate surface area is 91.1 Å². The number of anilines is 1. The smallest absolute Gasteiger partial charge is 0.184 e. The van der Waals surface area contributed by atoms with Crippen molar-refractivity contribution in [3.63, 3.8) is 0 Å². The molecule has 15 heavy (non-hydrogen) atoms. The van der Waals surface area contributed by atoms with Gasteiger partial charge in [0, 0.05) is 12.1 Å². The number of benzene rings is 1. The van der Waals surface area contributed by atoms with E-state index >= 15 is 0 Å². The van der Waals surface area contributed by atoms with Crippen LogP contribution >= 0.6 is 11.3 Å². The lowest BCUT2D eigenvalue weighted by Gasteiger charge is -1.96. The molecule has 1 heterocycles. The average Bonchev–Trinajstić information content (AvgIpc) is 2.75. The maximum atomic E-state index is 12.9. The molecule has 0 radical (unpaired) electrons. The Kier molecular flexibility index (Phi) is 1.92. The monoisotopic (exact) mass is 222 g/mol. The molecular formula is C11H11FN2S. The largest absolute Gasteiger partial charge is 0.358 e. The molecule has 78 valence electrons. The summed E-state index contributed by atoms with van der Waals surface area (Å²) in [4.78, 5) is 4.36. The number of nitrogens with zero attached hydrogens (tertiary/aromatic N) is 1. The minimum absolute atomic E-state index is 0.223. The maximum absolute atomic E-state index is 12.9. The van der Waals surface area contributed by atoms with Crippen molar-refractivity contribution in [2.45, 2.75) is 19.4 Å². The number of halogens is 1. The molecule has 2 nitrogen and oxygen atoms in total. The van der Waals surface area contributed by atoms with E-state index in [9.17, 15) is 4.39 Å². The molecule has 1 aliphatic carbocycles. The van der Waals surface area contributed by atoms with Crippen LogP contribution in [0.25, 0.3) is 10.2 Å². The van der Waals surface area contributed by atoms with Crippen molar-refractivity contribution in [2.75, 3.05) is 5.32 Å². The topological polar surface area (TPSA) is 24.9 Å². The van der Waals surface area contributed by atoms with E-state index < -0.39 is 0 Å². The highest BCUT2D eigenvalue weighted by Gasteiger charge is 2.32. The Morgan fingerprint density at radius 3 is 3.07 bits per heavy atom. The van der Waals surface area contributed by atoms with Gasteiger partial charge < -0.3 is 5.32 Å². The predicted octanol–water partition coefficient (Wildman–Crippen LogP) is 3.26. The van der Waals surface area contributed by atoms with Gasteiger partial charge in [-0.3, -0.25) is 0 Å². The first-order valence-electron chi connectivity index (χ1n) is 5.05. The normalized spacial score (nSPS) is 24.4. The van der Waals surface area contributed by atoms with Crippen molar-refractivity contribution in [1.82, 2.24) is 4.98 Å². The second kappa shape index (κ2) is 3.17. The summed E-state index contributed by atoms with van der Waals surface area (Å²) < 4.78 is 14.0. The molecule has 1 saturated carbocycles. The van der Waals surface area contributed by atoms with Crippen molar-refractivity contribution >= 4 is 26.7 Å². The first-order chi connectivity index (χ1) is 7.22. The molecule has 2 atom stereocenters. The molecule has 1 aromatic carbocycles.